The smallest absolute Gasteiger partial charge is 0.196 e. The van der Waals surface area contributed by atoms with Gasteiger partial charge in [-0.25, -0.2) is 9.97 Å². The average Bonchev–Trinajstić information content (AvgIpc) is 2.99. The van der Waals surface area contributed by atoms with Gasteiger partial charge in [-0.2, -0.15) is 0 Å². The van der Waals surface area contributed by atoms with E-state index in [9.17, 15) is 0 Å². The standard InChI is InChI=1S/C18H15N3O2/c1-22-14-8-4-2-6-12(14)10-19-18-17-16(20-11-21-18)13-7-3-5-9-15(13)23-17/h2-9,11H,10H2,1H3,(H,19,20,21). The van der Waals surface area contributed by atoms with Crippen molar-refractivity contribution in [3.8, 4) is 5.75 Å². The van der Waals surface area contributed by atoms with E-state index in [4.69, 9.17) is 9.15 Å². The van der Waals surface area contributed by atoms with Gasteiger partial charge < -0.3 is 14.5 Å². The largest absolute Gasteiger partial charge is 0.496 e. The van der Waals surface area contributed by atoms with E-state index in [0.717, 1.165) is 27.8 Å². The highest BCUT2D eigenvalue weighted by Crippen LogP contribution is 2.30. The summed E-state index contributed by atoms with van der Waals surface area (Å²) in [5.41, 5.74) is 3.35. The Bertz CT molecular complexity index is 978. The lowest BCUT2D eigenvalue weighted by molar-refractivity contribution is 0.410. The highest BCUT2D eigenvalue weighted by molar-refractivity contribution is 6.05. The van der Waals surface area contributed by atoms with E-state index in [1.165, 1.54) is 0 Å². The van der Waals surface area contributed by atoms with Crippen LogP contribution >= 0.6 is 0 Å². The van der Waals surface area contributed by atoms with Gasteiger partial charge in [0.1, 0.15) is 23.2 Å². The molecule has 0 radical (unpaired) electrons. The molecule has 5 nitrogen and oxygen atoms in total. The first-order valence-electron chi connectivity index (χ1n) is 7.35. The van der Waals surface area contributed by atoms with Crippen molar-refractivity contribution >= 4 is 27.9 Å². The van der Waals surface area contributed by atoms with Crippen LogP contribution in [0, 0.1) is 0 Å². The molecule has 2 aromatic carbocycles. The summed E-state index contributed by atoms with van der Waals surface area (Å²) in [7, 11) is 1.67. The molecule has 0 fully saturated rings. The van der Waals surface area contributed by atoms with E-state index in [2.05, 4.69) is 15.3 Å². The number of para-hydroxylation sites is 2. The van der Waals surface area contributed by atoms with Crippen molar-refractivity contribution in [1.82, 2.24) is 9.97 Å². The molecule has 23 heavy (non-hydrogen) atoms. The lowest BCUT2D eigenvalue weighted by atomic mass is 10.2. The first-order valence-corrected chi connectivity index (χ1v) is 7.35. The minimum Gasteiger partial charge on any atom is -0.496 e. The molecular weight excluding hydrogens is 290 g/mol. The predicted octanol–water partition coefficient (Wildman–Crippen LogP) is 4.00. The molecular formula is C18H15N3O2. The van der Waals surface area contributed by atoms with Crippen molar-refractivity contribution in [2.24, 2.45) is 0 Å². The zero-order valence-corrected chi connectivity index (χ0v) is 12.6. The summed E-state index contributed by atoms with van der Waals surface area (Å²) >= 11 is 0. The van der Waals surface area contributed by atoms with Gasteiger partial charge in [-0.3, -0.25) is 0 Å². The fourth-order valence-corrected chi connectivity index (χ4v) is 2.68. The van der Waals surface area contributed by atoms with Crippen LogP contribution in [0.15, 0.2) is 59.3 Å². The number of aromatic nitrogens is 2. The molecule has 4 aromatic rings. The molecule has 114 valence electrons. The van der Waals surface area contributed by atoms with Gasteiger partial charge in [-0.1, -0.05) is 30.3 Å². The van der Waals surface area contributed by atoms with E-state index in [1.807, 2.05) is 48.5 Å². The summed E-state index contributed by atoms with van der Waals surface area (Å²) in [4.78, 5) is 8.67. The number of rotatable bonds is 4. The van der Waals surface area contributed by atoms with Crippen LogP contribution in [0.2, 0.25) is 0 Å². The zero-order valence-electron chi connectivity index (χ0n) is 12.6. The molecule has 0 unspecified atom stereocenters. The fourth-order valence-electron chi connectivity index (χ4n) is 2.68. The lowest BCUT2D eigenvalue weighted by Crippen LogP contribution is -2.03. The van der Waals surface area contributed by atoms with E-state index in [-0.39, 0.29) is 0 Å². The quantitative estimate of drug-likeness (QED) is 0.617. The maximum absolute atomic E-state index is 5.91. The van der Waals surface area contributed by atoms with Crippen LogP contribution in [-0.2, 0) is 6.54 Å². The molecule has 0 bridgehead atoms. The van der Waals surface area contributed by atoms with Crippen LogP contribution in [0.1, 0.15) is 5.56 Å². The maximum atomic E-state index is 5.91. The summed E-state index contributed by atoms with van der Waals surface area (Å²) in [5, 5.41) is 4.31. The summed E-state index contributed by atoms with van der Waals surface area (Å²) in [5.74, 6) is 1.52. The summed E-state index contributed by atoms with van der Waals surface area (Å²) in [6, 6.07) is 15.7. The molecule has 2 aromatic heterocycles. The van der Waals surface area contributed by atoms with E-state index in [1.54, 1.807) is 13.4 Å². The zero-order chi connectivity index (χ0) is 15.6. The fraction of sp³-hybridized carbons (Fsp3) is 0.111. The van der Waals surface area contributed by atoms with E-state index in [0.29, 0.717) is 17.9 Å². The number of hydrogen-bond acceptors (Lipinski definition) is 5. The second-order valence-electron chi connectivity index (χ2n) is 5.16. The van der Waals surface area contributed by atoms with Crippen molar-refractivity contribution in [3.05, 3.63) is 60.4 Å². The van der Waals surface area contributed by atoms with Gasteiger partial charge in [0.25, 0.3) is 0 Å². The molecule has 1 N–H and O–H groups in total. The number of nitrogens with zero attached hydrogens (tertiary/aromatic N) is 2. The van der Waals surface area contributed by atoms with Crippen molar-refractivity contribution in [1.29, 1.82) is 0 Å². The normalized spacial score (nSPS) is 11.0. The number of anilines is 1. The minimum atomic E-state index is 0.590. The Morgan fingerprint density at radius 3 is 2.78 bits per heavy atom. The SMILES string of the molecule is COc1ccccc1CNc1ncnc2c1oc1ccccc12. The Morgan fingerprint density at radius 1 is 1.04 bits per heavy atom. The Morgan fingerprint density at radius 2 is 1.87 bits per heavy atom. The molecule has 4 rings (SSSR count). The predicted molar refractivity (Wildman–Crippen MR) is 89.6 cm³/mol. The van der Waals surface area contributed by atoms with Gasteiger partial charge in [-0.05, 0) is 18.2 Å². The molecule has 0 aliphatic rings. The molecule has 0 aliphatic carbocycles. The highest BCUT2D eigenvalue weighted by atomic mass is 16.5. The minimum absolute atomic E-state index is 0.590. The Kier molecular flexibility index (Phi) is 3.31. The van der Waals surface area contributed by atoms with Crippen molar-refractivity contribution in [2.75, 3.05) is 12.4 Å². The second kappa shape index (κ2) is 5.61. The topological polar surface area (TPSA) is 60.2 Å². The Labute approximate surface area is 132 Å². The maximum Gasteiger partial charge on any atom is 0.196 e. The third-order valence-corrected chi connectivity index (χ3v) is 3.80. The van der Waals surface area contributed by atoms with Crippen LogP contribution in [0.4, 0.5) is 5.82 Å². The van der Waals surface area contributed by atoms with Crippen LogP contribution < -0.4 is 10.1 Å². The molecule has 0 saturated carbocycles. The monoisotopic (exact) mass is 305 g/mol. The molecule has 0 saturated heterocycles. The molecule has 0 aliphatic heterocycles. The number of nitrogens with one attached hydrogen (secondary N) is 1. The first-order chi connectivity index (χ1) is 11.4. The summed E-state index contributed by atoms with van der Waals surface area (Å²) in [6.45, 7) is 0.590. The van der Waals surface area contributed by atoms with Gasteiger partial charge >= 0.3 is 0 Å². The highest BCUT2D eigenvalue weighted by Gasteiger charge is 2.13. The van der Waals surface area contributed by atoms with Gasteiger partial charge in [0.2, 0.25) is 0 Å². The number of furan rings is 1. The van der Waals surface area contributed by atoms with Gasteiger partial charge in [0.05, 0.1) is 7.11 Å². The second-order valence-corrected chi connectivity index (χ2v) is 5.16. The third-order valence-electron chi connectivity index (χ3n) is 3.80. The molecule has 5 heteroatoms. The molecule has 0 atom stereocenters. The Hall–Kier alpha value is -3.08. The number of hydrogen-bond donors (Lipinski definition) is 1. The number of benzene rings is 2. The number of fused-ring (bicyclic) bond motifs is 3. The lowest BCUT2D eigenvalue weighted by Gasteiger charge is -2.09. The average molecular weight is 305 g/mol. The van der Waals surface area contributed by atoms with Gasteiger partial charge in [0.15, 0.2) is 11.4 Å². The van der Waals surface area contributed by atoms with E-state index < -0.39 is 0 Å². The Balaban J connectivity index is 1.72. The van der Waals surface area contributed by atoms with Crippen LogP contribution in [0.25, 0.3) is 22.1 Å². The summed E-state index contributed by atoms with van der Waals surface area (Å²) in [6.07, 6.45) is 1.55. The van der Waals surface area contributed by atoms with Crippen molar-refractivity contribution in [3.63, 3.8) is 0 Å². The number of ether oxygens (including phenoxy) is 1. The molecule has 0 amide bonds. The van der Waals surface area contributed by atoms with Gasteiger partial charge in [-0.15, -0.1) is 0 Å². The van der Waals surface area contributed by atoms with E-state index >= 15 is 0 Å². The number of methoxy groups -OCH3 is 1. The summed E-state index contributed by atoms with van der Waals surface area (Å²) < 4.78 is 11.3. The molecule has 2 heterocycles. The van der Waals surface area contributed by atoms with Crippen molar-refractivity contribution < 1.29 is 9.15 Å². The van der Waals surface area contributed by atoms with Crippen molar-refractivity contribution in [2.45, 2.75) is 6.54 Å². The molecule has 0 spiro atoms. The van der Waals surface area contributed by atoms with Crippen LogP contribution in [0.5, 0.6) is 5.75 Å². The third kappa shape index (κ3) is 2.36. The first kappa shape index (κ1) is 13.6. The van der Waals surface area contributed by atoms with Crippen LogP contribution in [0.3, 0.4) is 0 Å². The van der Waals surface area contributed by atoms with Crippen LogP contribution in [-0.4, -0.2) is 17.1 Å². The van der Waals surface area contributed by atoms with Gasteiger partial charge in [0, 0.05) is 17.5 Å².